The molecule has 0 aliphatic heterocycles. The molecule has 0 bridgehead atoms. The fourth-order valence-electron chi connectivity index (χ4n) is 1.61. The van der Waals surface area contributed by atoms with E-state index in [-0.39, 0.29) is 40.0 Å². The Morgan fingerprint density at radius 3 is 2.41 bits per heavy atom. The molecule has 0 spiro atoms. The molecule has 0 aliphatic rings. The van der Waals surface area contributed by atoms with Crippen molar-refractivity contribution in [1.82, 2.24) is 0 Å². The van der Waals surface area contributed by atoms with Crippen molar-refractivity contribution >= 4 is 35.0 Å². The van der Waals surface area contributed by atoms with Crippen LogP contribution in [0.3, 0.4) is 0 Å². The molecule has 0 saturated carbocycles. The first-order valence-corrected chi connectivity index (χ1v) is 7.28. The van der Waals surface area contributed by atoms with E-state index in [1.54, 1.807) is 13.8 Å². The molecule has 1 rings (SSSR count). The Morgan fingerprint density at radius 1 is 1.23 bits per heavy atom. The zero-order valence-electron chi connectivity index (χ0n) is 12.3. The van der Waals surface area contributed by atoms with E-state index >= 15 is 0 Å². The lowest BCUT2D eigenvalue weighted by atomic mass is 10.0. The number of hydrogen-bond donors (Lipinski definition) is 0. The van der Waals surface area contributed by atoms with Gasteiger partial charge in [0.2, 0.25) is 5.78 Å². The number of carbonyl (C=O) groups excluding carboxylic acids is 2. The van der Waals surface area contributed by atoms with E-state index in [1.807, 2.05) is 0 Å². The lowest BCUT2D eigenvalue weighted by Crippen LogP contribution is -2.17. The predicted octanol–water partition coefficient (Wildman–Crippen LogP) is 4.11. The van der Waals surface area contributed by atoms with E-state index in [4.69, 9.17) is 32.7 Å². The van der Waals surface area contributed by atoms with Gasteiger partial charge in [0.15, 0.2) is 0 Å². The van der Waals surface area contributed by atoms with E-state index in [9.17, 15) is 14.0 Å². The van der Waals surface area contributed by atoms with Crippen molar-refractivity contribution in [3.63, 3.8) is 0 Å². The Morgan fingerprint density at radius 2 is 1.86 bits per heavy atom. The summed E-state index contributed by atoms with van der Waals surface area (Å²) in [5.41, 5.74) is -0.335. The van der Waals surface area contributed by atoms with Gasteiger partial charge in [-0.05, 0) is 32.4 Å². The van der Waals surface area contributed by atoms with Gasteiger partial charge >= 0.3 is 5.97 Å². The quantitative estimate of drug-likeness (QED) is 0.148. The number of ether oxygens (including phenoxy) is 2. The third-order valence-electron chi connectivity index (χ3n) is 2.73. The summed E-state index contributed by atoms with van der Waals surface area (Å²) in [6, 6.07) is 0.888. The highest BCUT2D eigenvalue weighted by molar-refractivity contribution is 6.40. The van der Waals surface area contributed by atoms with Crippen molar-refractivity contribution in [1.29, 1.82) is 0 Å². The van der Waals surface area contributed by atoms with Crippen LogP contribution in [0.1, 0.15) is 29.8 Å². The molecule has 0 fully saturated rings. The molecule has 0 atom stereocenters. The monoisotopic (exact) mass is 348 g/mol. The van der Waals surface area contributed by atoms with Gasteiger partial charge in [-0.15, -0.1) is 0 Å². The minimum atomic E-state index is -0.870. The van der Waals surface area contributed by atoms with E-state index in [1.165, 1.54) is 6.92 Å². The average molecular weight is 349 g/mol. The standard InChI is InChI=1S/C15H15Cl2FO4/c1-4-21-7-10(15(20)22-5-2)14(19)9-6-11(18)13(17)8(3)12(9)16/h6-7H,4-5H2,1-3H3/b10-7-. The Labute approximate surface area is 137 Å². The summed E-state index contributed by atoms with van der Waals surface area (Å²) < 4.78 is 23.5. The molecule has 0 saturated heterocycles. The van der Waals surface area contributed by atoms with Crippen molar-refractivity contribution in [2.75, 3.05) is 13.2 Å². The van der Waals surface area contributed by atoms with E-state index in [0.717, 1.165) is 12.3 Å². The minimum absolute atomic E-state index is 0.0249. The fraction of sp³-hybridized carbons (Fsp3) is 0.333. The molecule has 0 radical (unpaired) electrons. The maximum atomic E-state index is 13.7. The maximum Gasteiger partial charge on any atom is 0.345 e. The number of carbonyl (C=O) groups is 2. The van der Waals surface area contributed by atoms with Crippen LogP contribution in [0.25, 0.3) is 0 Å². The van der Waals surface area contributed by atoms with Gasteiger partial charge < -0.3 is 9.47 Å². The lowest BCUT2D eigenvalue weighted by molar-refractivity contribution is -0.138. The largest absolute Gasteiger partial charge is 0.500 e. The van der Waals surface area contributed by atoms with Gasteiger partial charge in [-0.25, -0.2) is 9.18 Å². The van der Waals surface area contributed by atoms with Gasteiger partial charge in [0, 0.05) is 5.56 Å². The van der Waals surface area contributed by atoms with Crippen LogP contribution in [0.15, 0.2) is 17.9 Å². The van der Waals surface area contributed by atoms with Crippen molar-refractivity contribution in [3.05, 3.63) is 44.9 Å². The third kappa shape index (κ3) is 3.99. The Kier molecular flexibility index (Phi) is 6.84. The molecule has 0 heterocycles. The maximum absolute atomic E-state index is 13.7. The van der Waals surface area contributed by atoms with Gasteiger partial charge in [-0.3, -0.25) is 4.79 Å². The van der Waals surface area contributed by atoms with Gasteiger partial charge in [0.25, 0.3) is 0 Å². The SMILES string of the molecule is CCO/C=C(\C(=O)OCC)C(=O)c1cc(F)c(Cl)c(C)c1Cl. The highest BCUT2D eigenvalue weighted by Crippen LogP contribution is 2.31. The lowest BCUT2D eigenvalue weighted by Gasteiger charge is -2.11. The molecular weight excluding hydrogens is 334 g/mol. The summed E-state index contributed by atoms with van der Waals surface area (Å²) in [5.74, 6) is -2.47. The van der Waals surface area contributed by atoms with E-state index in [0.29, 0.717) is 0 Å². The Balaban J connectivity index is 3.34. The van der Waals surface area contributed by atoms with Crippen molar-refractivity contribution < 1.29 is 23.5 Å². The second-order valence-electron chi connectivity index (χ2n) is 4.20. The molecule has 0 amide bonds. The number of rotatable bonds is 6. The Bertz CT molecular complexity index is 626. The van der Waals surface area contributed by atoms with Crippen molar-refractivity contribution in [2.45, 2.75) is 20.8 Å². The van der Waals surface area contributed by atoms with Crippen molar-refractivity contribution in [3.8, 4) is 0 Å². The fourth-order valence-corrected chi connectivity index (χ4v) is 2.04. The summed E-state index contributed by atoms with van der Waals surface area (Å²) in [7, 11) is 0. The van der Waals surface area contributed by atoms with Crippen molar-refractivity contribution in [2.24, 2.45) is 0 Å². The summed E-state index contributed by atoms with van der Waals surface area (Å²) in [6.07, 6.45) is 0.985. The zero-order valence-corrected chi connectivity index (χ0v) is 13.8. The van der Waals surface area contributed by atoms with Gasteiger partial charge in [0.05, 0.1) is 23.3 Å². The molecule has 1 aromatic rings. The summed E-state index contributed by atoms with van der Waals surface area (Å²) in [4.78, 5) is 24.3. The summed E-state index contributed by atoms with van der Waals surface area (Å²) in [6.45, 7) is 5.08. The summed E-state index contributed by atoms with van der Waals surface area (Å²) >= 11 is 11.8. The molecule has 0 N–H and O–H groups in total. The van der Waals surface area contributed by atoms with Crippen LogP contribution in [-0.2, 0) is 14.3 Å². The molecule has 0 unspecified atom stereocenters. The predicted molar refractivity (Wildman–Crippen MR) is 81.8 cm³/mol. The molecular formula is C15H15Cl2FO4. The highest BCUT2D eigenvalue weighted by atomic mass is 35.5. The first-order valence-electron chi connectivity index (χ1n) is 6.52. The van der Waals surface area contributed by atoms with Crippen LogP contribution in [0.4, 0.5) is 4.39 Å². The van der Waals surface area contributed by atoms with Crippen LogP contribution in [0.2, 0.25) is 10.0 Å². The number of ketones is 1. The number of Topliss-reactive ketones (excluding diaryl/α,β-unsaturated/α-hetero) is 1. The smallest absolute Gasteiger partial charge is 0.345 e. The van der Waals surface area contributed by atoms with Gasteiger partial charge in [0.1, 0.15) is 17.7 Å². The minimum Gasteiger partial charge on any atom is -0.500 e. The Hall–Kier alpha value is -1.59. The zero-order chi connectivity index (χ0) is 16.9. The van der Waals surface area contributed by atoms with E-state index < -0.39 is 17.6 Å². The first-order chi connectivity index (χ1) is 10.3. The van der Waals surface area contributed by atoms with Crippen LogP contribution in [0.5, 0.6) is 0 Å². The number of benzene rings is 1. The highest BCUT2D eigenvalue weighted by Gasteiger charge is 2.26. The van der Waals surface area contributed by atoms with Crippen LogP contribution in [-0.4, -0.2) is 25.0 Å². The van der Waals surface area contributed by atoms with Crippen LogP contribution < -0.4 is 0 Å². The van der Waals surface area contributed by atoms with Crippen LogP contribution in [0, 0.1) is 12.7 Å². The topological polar surface area (TPSA) is 52.6 Å². The average Bonchev–Trinajstić information content (AvgIpc) is 2.49. The molecule has 0 aromatic heterocycles. The van der Waals surface area contributed by atoms with Crippen LogP contribution >= 0.6 is 23.2 Å². The molecule has 7 heteroatoms. The third-order valence-corrected chi connectivity index (χ3v) is 3.68. The molecule has 0 aliphatic carbocycles. The second kappa shape index (κ2) is 8.15. The summed E-state index contributed by atoms with van der Waals surface area (Å²) in [5, 5.41) is -0.198. The normalized spacial score (nSPS) is 11.3. The number of halogens is 3. The first kappa shape index (κ1) is 18.5. The number of esters is 1. The molecule has 4 nitrogen and oxygen atoms in total. The molecule has 1 aromatic carbocycles. The molecule has 22 heavy (non-hydrogen) atoms. The second-order valence-corrected chi connectivity index (χ2v) is 4.95. The van der Waals surface area contributed by atoms with E-state index in [2.05, 4.69) is 0 Å². The molecule has 120 valence electrons. The number of hydrogen-bond acceptors (Lipinski definition) is 4. The van der Waals surface area contributed by atoms with Gasteiger partial charge in [-0.1, -0.05) is 23.2 Å². The van der Waals surface area contributed by atoms with Gasteiger partial charge in [-0.2, -0.15) is 0 Å².